The lowest BCUT2D eigenvalue weighted by Crippen LogP contribution is -2.44. The number of fused-ring (bicyclic) bond motifs is 2. The molecule has 1 saturated carbocycles. The van der Waals surface area contributed by atoms with E-state index in [1.54, 1.807) is 6.92 Å². The molecular weight excluding hydrogens is 450 g/mol. The summed E-state index contributed by atoms with van der Waals surface area (Å²) in [5.41, 5.74) is 1.95. The molecule has 2 atom stereocenters. The molecule has 0 N–H and O–H groups in total. The summed E-state index contributed by atoms with van der Waals surface area (Å²) in [6.07, 6.45) is 11.7. The van der Waals surface area contributed by atoms with E-state index in [0.29, 0.717) is 17.7 Å². The molecule has 0 bridgehead atoms. The van der Waals surface area contributed by atoms with E-state index in [4.69, 9.17) is 4.98 Å². The van der Waals surface area contributed by atoms with Gasteiger partial charge in [0.2, 0.25) is 5.91 Å². The first-order valence-corrected chi connectivity index (χ1v) is 14.3. The molecule has 194 valence electrons. The predicted molar refractivity (Wildman–Crippen MR) is 143 cm³/mol. The number of carbonyl (C=O) groups excluding carboxylic acids is 1. The van der Waals surface area contributed by atoms with Gasteiger partial charge in [-0.3, -0.25) is 9.59 Å². The van der Waals surface area contributed by atoms with Gasteiger partial charge >= 0.3 is 0 Å². The standard InChI is InChI=1S/C29H41N5O2/c1-21(35)32-17-22-19-33(20-23(22)18-32)28-29(36)34(27-12-8-7-11-26(27)30-28)25-13-15-31(16-14-25)24-9-5-3-2-4-6-10-24/h7-8,11-12,22-25H,2-6,9-10,13-20H2,1H3. The SMILES string of the molecule is CC(=O)N1CC2CN(c3nc4ccccc4n(C4CCN(C5CCCCCCC5)CC4)c3=O)CC2C1. The van der Waals surface area contributed by atoms with Gasteiger partial charge in [-0.2, -0.15) is 0 Å². The highest BCUT2D eigenvalue weighted by molar-refractivity contribution is 5.77. The molecule has 36 heavy (non-hydrogen) atoms. The van der Waals surface area contributed by atoms with Gasteiger partial charge in [-0.1, -0.05) is 44.2 Å². The Morgan fingerprint density at radius 1 is 0.833 bits per heavy atom. The molecule has 4 heterocycles. The number of likely N-dealkylation sites (tertiary alicyclic amines) is 2. The van der Waals surface area contributed by atoms with Crippen molar-refractivity contribution in [3.8, 4) is 0 Å². The number of carbonyl (C=O) groups is 1. The van der Waals surface area contributed by atoms with Crippen LogP contribution in [0.4, 0.5) is 5.82 Å². The number of nitrogens with zero attached hydrogens (tertiary/aromatic N) is 5. The van der Waals surface area contributed by atoms with E-state index in [1.807, 2.05) is 23.1 Å². The molecule has 3 aliphatic heterocycles. The molecule has 1 aromatic carbocycles. The number of piperidine rings is 1. The lowest BCUT2D eigenvalue weighted by atomic mass is 9.93. The van der Waals surface area contributed by atoms with Crippen molar-refractivity contribution in [2.45, 2.75) is 76.8 Å². The third-order valence-corrected chi connectivity index (χ3v) is 9.46. The van der Waals surface area contributed by atoms with Gasteiger partial charge in [0.1, 0.15) is 0 Å². The van der Waals surface area contributed by atoms with Crippen LogP contribution in [0.3, 0.4) is 0 Å². The number of rotatable bonds is 3. The minimum Gasteiger partial charge on any atom is -0.351 e. The van der Waals surface area contributed by atoms with Crippen LogP contribution in [0.15, 0.2) is 29.1 Å². The highest BCUT2D eigenvalue weighted by Gasteiger charge is 2.42. The number of amides is 1. The third kappa shape index (κ3) is 4.55. The van der Waals surface area contributed by atoms with Crippen molar-refractivity contribution < 1.29 is 4.79 Å². The highest BCUT2D eigenvalue weighted by atomic mass is 16.2. The van der Waals surface area contributed by atoms with Crippen LogP contribution in [-0.4, -0.2) is 70.6 Å². The number of hydrogen-bond donors (Lipinski definition) is 0. The largest absolute Gasteiger partial charge is 0.351 e. The average Bonchev–Trinajstić information content (AvgIpc) is 3.44. The fourth-order valence-corrected chi connectivity index (χ4v) is 7.44. The first-order chi connectivity index (χ1) is 17.6. The Morgan fingerprint density at radius 3 is 2.14 bits per heavy atom. The number of benzene rings is 1. The van der Waals surface area contributed by atoms with Crippen molar-refractivity contribution in [3.05, 3.63) is 34.6 Å². The molecular formula is C29H41N5O2. The molecule has 2 unspecified atom stereocenters. The fraction of sp³-hybridized carbons (Fsp3) is 0.690. The van der Waals surface area contributed by atoms with Gasteiger partial charge in [0.05, 0.1) is 11.0 Å². The van der Waals surface area contributed by atoms with Crippen LogP contribution in [0.2, 0.25) is 0 Å². The van der Waals surface area contributed by atoms with Crippen LogP contribution < -0.4 is 10.5 Å². The predicted octanol–water partition coefficient (Wildman–Crippen LogP) is 4.06. The van der Waals surface area contributed by atoms with E-state index in [1.165, 1.54) is 44.9 Å². The smallest absolute Gasteiger partial charge is 0.294 e. The molecule has 7 nitrogen and oxygen atoms in total. The second kappa shape index (κ2) is 10.2. The van der Waals surface area contributed by atoms with Gasteiger partial charge in [0.25, 0.3) is 5.56 Å². The summed E-state index contributed by atoms with van der Waals surface area (Å²) < 4.78 is 2.09. The Labute approximate surface area is 214 Å². The van der Waals surface area contributed by atoms with Crippen LogP contribution in [-0.2, 0) is 4.79 Å². The molecule has 2 aromatic rings. The summed E-state index contributed by atoms with van der Waals surface area (Å²) in [5.74, 6) is 1.64. The lowest BCUT2D eigenvalue weighted by molar-refractivity contribution is -0.128. The maximum Gasteiger partial charge on any atom is 0.294 e. The third-order valence-electron chi connectivity index (χ3n) is 9.46. The minimum absolute atomic E-state index is 0.0708. The maximum absolute atomic E-state index is 14.0. The van der Waals surface area contributed by atoms with Crippen molar-refractivity contribution in [3.63, 3.8) is 0 Å². The second-order valence-electron chi connectivity index (χ2n) is 11.7. The van der Waals surface area contributed by atoms with Crippen molar-refractivity contribution in [2.75, 3.05) is 44.2 Å². The van der Waals surface area contributed by atoms with E-state index < -0.39 is 0 Å². The van der Waals surface area contributed by atoms with E-state index in [2.05, 4.69) is 20.4 Å². The maximum atomic E-state index is 14.0. The number of aromatic nitrogens is 2. The van der Waals surface area contributed by atoms with Crippen LogP contribution in [0.5, 0.6) is 0 Å². The summed E-state index contributed by atoms with van der Waals surface area (Å²) in [4.78, 5) is 37.7. The molecule has 0 spiro atoms. The molecule has 4 aliphatic rings. The molecule has 0 radical (unpaired) electrons. The molecule has 7 heteroatoms. The van der Waals surface area contributed by atoms with Crippen molar-refractivity contribution in [1.29, 1.82) is 0 Å². The first-order valence-electron chi connectivity index (χ1n) is 14.3. The van der Waals surface area contributed by atoms with Gasteiger partial charge < -0.3 is 19.3 Å². The van der Waals surface area contributed by atoms with Crippen molar-refractivity contribution in [2.24, 2.45) is 11.8 Å². The Bertz CT molecular complexity index is 1130. The van der Waals surface area contributed by atoms with Crippen molar-refractivity contribution in [1.82, 2.24) is 19.4 Å². The number of hydrogen-bond acceptors (Lipinski definition) is 5. The van der Waals surface area contributed by atoms with Gasteiger partial charge in [-0.25, -0.2) is 4.98 Å². The summed E-state index contributed by atoms with van der Waals surface area (Å²) in [7, 11) is 0. The Kier molecular flexibility index (Phi) is 6.76. The molecule has 1 aromatic heterocycles. The number of anilines is 1. The molecule has 4 fully saturated rings. The zero-order valence-corrected chi connectivity index (χ0v) is 21.8. The summed E-state index contributed by atoms with van der Waals surface area (Å²) in [5, 5.41) is 0. The van der Waals surface area contributed by atoms with E-state index in [-0.39, 0.29) is 17.5 Å². The number of para-hydroxylation sites is 2. The highest BCUT2D eigenvalue weighted by Crippen LogP contribution is 2.34. The first kappa shape index (κ1) is 24.0. The summed E-state index contributed by atoms with van der Waals surface area (Å²) in [6.45, 7) is 7.07. The summed E-state index contributed by atoms with van der Waals surface area (Å²) in [6, 6.07) is 9.12. The van der Waals surface area contributed by atoms with Crippen molar-refractivity contribution >= 4 is 22.8 Å². The second-order valence-corrected chi connectivity index (χ2v) is 11.7. The van der Waals surface area contributed by atoms with E-state index in [0.717, 1.165) is 69.2 Å². The molecule has 1 amide bonds. The fourth-order valence-electron chi connectivity index (χ4n) is 7.44. The van der Waals surface area contributed by atoms with Gasteiger partial charge in [0.15, 0.2) is 5.82 Å². The molecule has 3 saturated heterocycles. The Hall–Kier alpha value is -2.41. The Morgan fingerprint density at radius 2 is 1.47 bits per heavy atom. The zero-order valence-electron chi connectivity index (χ0n) is 21.8. The molecule has 6 rings (SSSR count). The average molecular weight is 492 g/mol. The zero-order chi connectivity index (χ0) is 24.6. The van der Waals surface area contributed by atoms with E-state index in [9.17, 15) is 9.59 Å². The monoisotopic (exact) mass is 491 g/mol. The normalized spacial score (nSPS) is 26.8. The van der Waals surface area contributed by atoms with Gasteiger partial charge in [-0.15, -0.1) is 0 Å². The van der Waals surface area contributed by atoms with Crippen LogP contribution in [0.25, 0.3) is 11.0 Å². The van der Waals surface area contributed by atoms with Gasteiger partial charge in [0, 0.05) is 70.1 Å². The Balaban J connectivity index is 1.23. The van der Waals surface area contributed by atoms with E-state index >= 15 is 0 Å². The van der Waals surface area contributed by atoms with Crippen LogP contribution in [0.1, 0.15) is 70.8 Å². The minimum atomic E-state index is 0.0708. The molecule has 1 aliphatic carbocycles. The van der Waals surface area contributed by atoms with Crippen LogP contribution >= 0.6 is 0 Å². The van der Waals surface area contributed by atoms with Crippen LogP contribution in [0, 0.1) is 11.8 Å². The lowest BCUT2D eigenvalue weighted by Gasteiger charge is -2.39. The summed E-state index contributed by atoms with van der Waals surface area (Å²) >= 11 is 0. The topological polar surface area (TPSA) is 61.7 Å². The quantitative estimate of drug-likeness (QED) is 0.648. The van der Waals surface area contributed by atoms with Gasteiger partial charge in [-0.05, 0) is 37.8 Å².